The molecule has 0 bridgehead atoms. The minimum absolute atomic E-state index is 0.0963. The summed E-state index contributed by atoms with van der Waals surface area (Å²) in [5.41, 5.74) is 1.79. The summed E-state index contributed by atoms with van der Waals surface area (Å²) in [5, 5.41) is 3.14. The maximum atomic E-state index is 12.7. The lowest BCUT2D eigenvalue weighted by molar-refractivity contribution is 0.00883. The van der Waals surface area contributed by atoms with Crippen LogP contribution in [0.3, 0.4) is 0 Å². The minimum Gasteiger partial charge on any atom is -0.441 e. The minimum atomic E-state index is -3.78. The Morgan fingerprint density at radius 3 is 2.34 bits per heavy atom. The number of fused-ring (bicyclic) bond motifs is 1. The lowest BCUT2D eigenvalue weighted by Gasteiger charge is -2.18. The zero-order valence-electron chi connectivity index (χ0n) is 17.7. The van der Waals surface area contributed by atoms with Crippen LogP contribution in [0, 0.1) is 0 Å². The van der Waals surface area contributed by atoms with Crippen molar-refractivity contribution < 1.29 is 27.4 Å². The monoisotopic (exact) mass is 480 g/mol. The normalized spacial score (nSPS) is 25.0. The number of ether oxygens (including phenoxy) is 3. The fourth-order valence-corrected chi connectivity index (χ4v) is 5.14. The lowest BCUT2D eigenvalue weighted by atomic mass is 10.0. The molecule has 2 heterocycles. The summed E-state index contributed by atoms with van der Waals surface area (Å²) in [7, 11) is -3.78. The van der Waals surface area contributed by atoms with E-state index in [4.69, 9.17) is 25.8 Å². The van der Waals surface area contributed by atoms with E-state index in [1.54, 1.807) is 0 Å². The van der Waals surface area contributed by atoms with Crippen molar-refractivity contribution in [2.45, 2.75) is 49.0 Å². The third kappa shape index (κ3) is 5.07. The highest BCUT2D eigenvalue weighted by molar-refractivity contribution is 7.89. The molecule has 32 heavy (non-hydrogen) atoms. The van der Waals surface area contributed by atoms with Gasteiger partial charge in [0.2, 0.25) is 10.0 Å². The topological polar surface area (TPSA) is 103 Å². The number of rotatable bonds is 6. The Morgan fingerprint density at radius 1 is 1.03 bits per heavy atom. The number of nitrogens with one attached hydrogen (secondary N) is 2. The average Bonchev–Trinajstić information content (AvgIpc) is 3.32. The van der Waals surface area contributed by atoms with Gasteiger partial charge in [-0.15, -0.1) is 0 Å². The summed E-state index contributed by atoms with van der Waals surface area (Å²) in [6, 6.07) is 12.8. The van der Waals surface area contributed by atoms with Gasteiger partial charge in [0.15, 0.2) is 6.10 Å². The van der Waals surface area contributed by atoms with Crippen molar-refractivity contribution in [3.63, 3.8) is 0 Å². The number of benzene rings is 2. The molecule has 0 unspecified atom stereocenters. The van der Waals surface area contributed by atoms with Crippen LogP contribution in [0.5, 0.6) is 0 Å². The highest BCUT2D eigenvalue weighted by Gasteiger charge is 2.50. The molecule has 4 rings (SSSR count). The molecule has 2 aliphatic rings. The molecule has 2 fully saturated rings. The molecule has 172 valence electrons. The Morgan fingerprint density at radius 2 is 1.69 bits per heavy atom. The third-order valence-electron chi connectivity index (χ3n) is 5.52. The summed E-state index contributed by atoms with van der Waals surface area (Å²) in [6.07, 6.45) is -2.37. The molecule has 0 spiro atoms. The second-order valence-corrected chi connectivity index (χ2v) is 10.3. The number of carbonyl (C=O) groups is 1. The number of hydrogen-bond acceptors (Lipinski definition) is 6. The number of hydrogen-bond donors (Lipinski definition) is 2. The molecule has 1 amide bonds. The summed E-state index contributed by atoms with van der Waals surface area (Å²) in [5.74, 6) is 0.396. The Bertz CT molecular complexity index is 1060. The summed E-state index contributed by atoms with van der Waals surface area (Å²) >= 11 is 5.83. The van der Waals surface area contributed by atoms with Crippen molar-refractivity contribution in [3.8, 4) is 0 Å². The molecule has 10 heteroatoms. The second kappa shape index (κ2) is 9.36. The summed E-state index contributed by atoms with van der Waals surface area (Å²) in [6.45, 7) is 4.42. The molecule has 2 saturated heterocycles. The first-order valence-electron chi connectivity index (χ1n) is 10.3. The van der Waals surface area contributed by atoms with Crippen LogP contribution in [0.2, 0.25) is 5.02 Å². The summed E-state index contributed by atoms with van der Waals surface area (Å²) < 4.78 is 44.9. The molecule has 2 aromatic rings. The van der Waals surface area contributed by atoms with Crippen LogP contribution in [0.15, 0.2) is 53.4 Å². The third-order valence-corrected chi connectivity index (χ3v) is 7.28. The van der Waals surface area contributed by atoms with Gasteiger partial charge in [0, 0.05) is 10.7 Å². The zero-order valence-corrected chi connectivity index (χ0v) is 19.2. The van der Waals surface area contributed by atoms with E-state index in [0.717, 1.165) is 0 Å². The molecule has 0 aromatic heterocycles. The van der Waals surface area contributed by atoms with Crippen molar-refractivity contribution in [1.29, 1.82) is 0 Å². The lowest BCUT2D eigenvalue weighted by Crippen LogP contribution is -2.44. The van der Waals surface area contributed by atoms with Gasteiger partial charge in [-0.1, -0.05) is 37.6 Å². The van der Waals surface area contributed by atoms with E-state index in [2.05, 4.69) is 23.9 Å². The fourth-order valence-electron chi connectivity index (χ4n) is 3.78. The molecule has 2 N–H and O–H groups in total. The van der Waals surface area contributed by atoms with Gasteiger partial charge in [0.1, 0.15) is 12.2 Å². The van der Waals surface area contributed by atoms with Crippen LogP contribution >= 0.6 is 11.6 Å². The van der Waals surface area contributed by atoms with Crippen molar-refractivity contribution in [2.24, 2.45) is 0 Å². The van der Waals surface area contributed by atoms with E-state index in [9.17, 15) is 13.2 Å². The molecule has 0 radical (unpaired) electrons. The van der Waals surface area contributed by atoms with Gasteiger partial charge >= 0.3 is 6.09 Å². The molecule has 0 aliphatic carbocycles. The van der Waals surface area contributed by atoms with Crippen molar-refractivity contribution >= 4 is 33.4 Å². The molecule has 0 saturated carbocycles. The van der Waals surface area contributed by atoms with E-state index in [1.165, 1.54) is 29.8 Å². The van der Waals surface area contributed by atoms with Gasteiger partial charge in [0.25, 0.3) is 0 Å². The number of amides is 1. The van der Waals surface area contributed by atoms with Crippen LogP contribution in [0.25, 0.3) is 0 Å². The molecule has 8 nitrogen and oxygen atoms in total. The predicted octanol–water partition coefficient (Wildman–Crippen LogP) is 3.53. The number of carbonyl (C=O) groups excluding carboxylic acids is 1. The maximum absolute atomic E-state index is 12.7. The first kappa shape index (κ1) is 23.0. The molecule has 2 aliphatic heterocycles. The number of halogens is 1. The Kier molecular flexibility index (Phi) is 6.73. The largest absolute Gasteiger partial charge is 0.441 e. The van der Waals surface area contributed by atoms with E-state index in [0.29, 0.717) is 16.6 Å². The van der Waals surface area contributed by atoms with Crippen LogP contribution in [-0.2, 0) is 24.2 Å². The van der Waals surface area contributed by atoms with Gasteiger partial charge in [-0.05, 0) is 47.9 Å². The number of anilines is 1. The van der Waals surface area contributed by atoms with Crippen molar-refractivity contribution in [3.05, 3.63) is 59.1 Å². The van der Waals surface area contributed by atoms with Crippen LogP contribution in [-0.4, -0.2) is 52.1 Å². The molecule has 2 aromatic carbocycles. The quantitative estimate of drug-likeness (QED) is 0.655. The highest BCUT2D eigenvalue weighted by atomic mass is 35.5. The Balaban J connectivity index is 1.33. The predicted molar refractivity (Wildman–Crippen MR) is 119 cm³/mol. The van der Waals surface area contributed by atoms with Crippen LogP contribution in [0.4, 0.5) is 10.5 Å². The Hall–Kier alpha value is -2.17. The molecular formula is C22H25ClN2O6S. The van der Waals surface area contributed by atoms with E-state index >= 15 is 0 Å². The van der Waals surface area contributed by atoms with Crippen LogP contribution in [0.1, 0.15) is 25.3 Å². The first-order chi connectivity index (χ1) is 15.2. The second-order valence-electron chi connectivity index (χ2n) is 8.12. The molecule has 4 atom stereocenters. The van der Waals surface area contributed by atoms with E-state index < -0.39 is 40.5 Å². The van der Waals surface area contributed by atoms with Crippen molar-refractivity contribution in [1.82, 2.24) is 4.72 Å². The zero-order chi connectivity index (χ0) is 22.9. The SMILES string of the molecule is CC(C)c1ccc(NC(=O)O[C@H]2CO[C@@H]3[C@@H]2OC[C@@H]3NS(=O)(=O)c2ccc(Cl)cc2)cc1. The fraction of sp³-hybridized carbons (Fsp3) is 0.409. The van der Waals surface area contributed by atoms with Crippen LogP contribution < -0.4 is 10.0 Å². The maximum Gasteiger partial charge on any atom is 0.412 e. The van der Waals surface area contributed by atoms with Gasteiger partial charge < -0.3 is 14.2 Å². The van der Waals surface area contributed by atoms with Crippen molar-refractivity contribution in [2.75, 3.05) is 18.5 Å². The van der Waals surface area contributed by atoms with Gasteiger partial charge in [-0.3, -0.25) is 5.32 Å². The highest BCUT2D eigenvalue weighted by Crippen LogP contribution is 2.30. The number of sulfonamides is 1. The smallest absolute Gasteiger partial charge is 0.412 e. The van der Waals surface area contributed by atoms with Gasteiger partial charge in [0.05, 0.1) is 24.2 Å². The van der Waals surface area contributed by atoms with E-state index in [1.807, 2.05) is 24.3 Å². The van der Waals surface area contributed by atoms with Gasteiger partial charge in [-0.2, -0.15) is 0 Å². The first-order valence-corrected chi connectivity index (χ1v) is 12.2. The van der Waals surface area contributed by atoms with E-state index in [-0.39, 0.29) is 18.1 Å². The average molecular weight is 481 g/mol. The standard InChI is InChI=1S/C22H25ClN2O6S/c1-13(2)14-3-7-16(8-4-14)24-22(26)31-19-12-30-20-18(11-29-21(19)20)25-32(27,28)17-9-5-15(23)6-10-17/h3-10,13,18-21,25H,11-12H2,1-2H3,(H,24,26)/t18-,19-,20-,21+/m0/s1. The summed E-state index contributed by atoms with van der Waals surface area (Å²) in [4.78, 5) is 12.4. The van der Waals surface area contributed by atoms with Gasteiger partial charge in [-0.25, -0.2) is 17.9 Å². The molecular weight excluding hydrogens is 456 g/mol. The Labute approximate surface area is 192 Å².